The molecule has 1 aliphatic heterocycles. The number of carboxylic acids is 1. The van der Waals surface area contributed by atoms with Gasteiger partial charge in [-0.2, -0.15) is 5.26 Å². The van der Waals surface area contributed by atoms with Crippen molar-refractivity contribution in [1.29, 1.82) is 5.26 Å². The van der Waals surface area contributed by atoms with Crippen molar-refractivity contribution in [1.82, 2.24) is 0 Å². The van der Waals surface area contributed by atoms with Gasteiger partial charge in [0.15, 0.2) is 5.17 Å². The molecule has 0 bridgehead atoms. The molecule has 30 heavy (non-hydrogen) atoms. The Morgan fingerprint density at radius 2 is 1.93 bits per heavy atom. The van der Waals surface area contributed by atoms with Gasteiger partial charge in [0.05, 0.1) is 17.2 Å². The highest BCUT2D eigenvalue weighted by Gasteiger charge is 2.34. The Labute approximate surface area is 177 Å². The maximum Gasteiger partial charge on any atom is 0.335 e. The van der Waals surface area contributed by atoms with E-state index < -0.39 is 17.9 Å². The maximum atomic E-state index is 13.8. The fourth-order valence-corrected chi connectivity index (χ4v) is 3.95. The van der Waals surface area contributed by atoms with E-state index in [1.54, 1.807) is 48.4 Å². The average molecular weight is 427 g/mol. The molecule has 0 fully saturated rings. The number of hydrogen-bond acceptors (Lipinski definition) is 5. The molecule has 0 aliphatic carbocycles. The molecule has 2 aromatic carbocycles. The van der Waals surface area contributed by atoms with Crippen LogP contribution in [0.5, 0.6) is 0 Å². The van der Waals surface area contributed by atoms with E-state index in [2.05, 4.69) is 4.99 Å². The number of allylic oxidation sites excluding steroid dienone is 1. The zero-order valence-electron chi connectivity index (χ0n) is 16.6. The number of aliphatic carboxylic acids is 1. The quantitative estimate of drug-likeness (QED) is 0.716. The number of halogens is 2. The molecule has 3 rings (SSSR count). The summed E-state index contributed by atoms with van der Waals surface area (Å²) < 4.78 is 27.7. The van der Waals surface area contributed by atoms with Crippen LogP contribution in [-0.2, 0) is 10.7 Å². The van der Waals surface area contributed by atoms with Gasteiger partial charge in [-0.25, -0.2) is 18.6 Å². The van der Waals surface area contributed by atoms with Gasteiger partial charge in [-0.1, -0.05) is 36.0 Å². The van der Waals surface area contributed by atoms with Gasteiger partial charge in [-0.15, -0.1) is 0 Å². The molecule has 0 saturated heterocycles. The van der Waals surface area contributed by atoms with Crippen LogP contribution >= 0.6 is 11.8 Å². The number of amidine groups is 1. The Bertz CT molecular complexity index is 1080. The number of thioether (sulfide) groups is 1. The van der Waals surface area contributed by atoms with E-state index in [0.717, 1.165) is 6.92 Å². The molecule has 0 saturated carbocycles. The second-order valence-electron chi connectivity index (χ2n) is 6.83. The molecule has 1 heterocycles. The monoisotopic (exact) mass is 427 g/mol. The van der Waals surface area contributed by atoms with Crippen LogP contribution < -0.4 is 4.90 Å². The standard InChI is InChI=1S/C22H19F2N3O2S/c1-13-18(20(28)29)19(15-9-7-14(12-25)8-10-15)26-21(30-3)27(13)17-6-4-5-16(11-17)22(2,23)24/h4-11,19H,1-3H3,(H,28,29). The minimum absolute atomic E-state index is 0.0474. The maximum absolute atomic E-state index is 13.8. The first-order valence-corrected chi connectivity index (χ1v) is 10.2. The van der Waals surface area contributed by atoms with Crippen molar-refractivity contribution in [2.45, 2.75) is 25.8 Å². The van der Waals surface area contributed by atoms with Crippen molar-refractivity contribution < 1.29 is 18.7 Å². The normalized spacial score (nSPS) is 16.9. The number of rotatable bonds is 4. The van der Waals surface area contributed by atoms with Crippen molar-refractivity contribution in [2.75, 3.05) is 11.2 Å². The minimum Gasteiger partial charge on any atom is -0.478 e. The number of hydrogen-bond donors (Lipinski definition) is 1. The number of nitriles is 1. The van der Waals surface area contributed by atoms with Crippen LogP contribution in [0.2, 0.25) is 0 Å². The lowest BCUT2D eigenvalue weighted by atomic mass is 9.95. The Morgan fingerprint density at radius 3 is 2.47 bits per heavy atom. The summed E-state index contributed by atoms with van der Waals surface area (Å²) in [4.78, 5) is 18.3. The Hall–Kier alpha value is -3.18. The predicted octanol–water partition coefficient (Wildman–Crippen LogP) is 5.31. The third kappa shape index (κ3) is 4.07. The van der Waals surface area contributed by atoms with E-state index in [1.807, 2.05) is 6.07 Å². The summed E-state index contributed by atoms with van der Waals surface area (Å²) in [7, 11) is 0. The number of anilines is 1. The molecule has 1 atom stereocenters. The highest BCUT2D eigenvalue weighted by Crippen LogP contribution is 2.39. The van der Waals surface area contributed by atoms with Gasteiger partial charge < -0.3 is 5.11 Å². The fourth-order valence-electron chi connectivity index (χ4n) is 3.31. The van der Waals surface area contributed by atoms with Crippen LogP contribution in [0.4, 0.5) is 14.5 Å². The molecule has 8 heteroatoms. The van der Waals surface area contributed by atoms with Gasteiger partial charge in [0.25, 0.3) is 5.92 Å². The zero-order chi connectivity index (χ0) is 22.1. The summed E-state index contributed by atoms with van der Waals surface area (Å²) in [5, 5.41) is 19.4. The van der Waals surface area contributed by atoms with Crippen molar-refractivity contribution in [3.8, 4) is 6.07 Å². The van der Waals surface area contributed by atoms with Crippen LogP contribution in [-0.4, -0.2) is 22.5 Å². The van der Waals surface area contributed by atoms with Gasteiger partial charge in [-0.3, -0.25) is 4.90 Å². The van der Waals surface area contributed by atoms with E-state index in [9.17, 15) is 18.7 Å². The van der Waals surface area contributed by atoms with E-state index in [1.165, 1.54) is 30.0 Å². The fraction of sp³-hybridized carbons (Fsp3) is 0.227. The average Bonchev–Trinajstić information content (AvgIpc) is 2.72. The van der Waals surface area contributed by atoms with Crippen molar-refractivity contribution in [2.24, 2.45) is 4.99 Å². The van der Waals surface area contributed by atoms with E-state index in [0.29, 0.717) is 27.7 Å². The highest BCUT2D eigenvalue weighted by molar-refractivity contribution is 8.13. The molecule has 1 unspecified atom stereocenters. The van der Waals surface area contributed by atoms with E-state index in [-0.39, 0.29) is 11.1 Å². The molecular weight excluding hydrogens is 408 g/mol. The molecule has 0 radical (unpaired) electrons. The third-order valence-electron chi connectivity index (χ3n) is 4.81. The lowest BCUT2D eigenvalue weighted by molar-refractivity contribution is -0.133. The summed E-state index contributed by atoms with van der Waals surface area (Å²) in [5.41, 5.74) is 1.78. The first-order chi connectivity index (χ1) is 14.2. The van der Waals surface area contributed by atoms with Crippen molar-refractivity contribution in [3.05, 3.63) is 76.5 Å². The second-order valence-corrected chi connectivity index (χ2v) is 7.60. The molecule has 0 spiro atoms. The number of carbonyl (C=O) groups is 1. The second kappa shape index (κ2) is 8.28. The summed E-state index contributed by atoms with van der Waals surface area (Å²) in [5.74, 6) is -4.17. The molecule has 154 valence electrons. The molecule has 1 aliphatic rings. The summed E-state index contributed by atoms with van der Waals surface area (Å²) in [6, 6.07) is 13.7. The molecule has 0 amide bonds. The zero-order valence-corrected chi connectivity index (χ0v) is 17.4. The molecular formula is C22H19F2N3O2S. The number of nitrogens with zero attached hydrogens (tertiary/aromatic N) is 3. The van der Waals surface area contributed by atoms with Crippen molar-refractivity contribution in [3.63, 3.8) is 0 Å². The van der Waals surface area contributed by atoms with E-state index >= 15 is 0 Å². The Kier molecular flexibility index (Phi) is 5.94. The largest absolute Gasteiger partial charge is 0.478 e. The van der Waals surface area contributed by atoms with Gasteiger partial charge in [0.2, 0.25) is 0 Å². The van der Waals surface area contributed by atoms with Crippen LogP contribution in [0.15, 0.2) is 64.8 Å². The molecule has 5 nitrogen and oxygen atoms in total. The molecule has 0 aromatic heterocycles. The first kappa shape index (κ1) is 21.5. The van der Waals surface area contributed by atoms with Gasteiger partial charge in [0.1, 0.15) is 6.04 Å². The van der Waals surface area contributed by atoms with Crippen LogP contribution in [0, 0.1) is 11.3 Å². The first-order valence-electron chi connectivity index (χ1n) is 9.01. The Balaban J connectivity index is 2.15. The number of alkyl halides is 2. The van der Waals surface area contributed by atoms with Crippen LogP contribution in [0.3, 0.4) is 0 Å². The SMILES string of the molecule is CSC1=NC(c2ccc(C#N)cc2)C(C(=O)O)=C(C)N1c1cccc(C(C)(F)F)c1. The molecule has 2 aromatic rings. The smallest absolute Gasteiger partial charge is 0.335 e. The number of aliphatic imine (C=N–C) groups is 1. The van der Waals surface area contributed by atoms with Gasteiger partial charge >= 0.3 is 5.97 Å². The lowest BCUT2D eigenvalue weighted by Crippen LogP contribution is -2.34. The summed E-state index contributed by atoms with van der Waals surface area (Å²) in [6.07, 6.45) is 1.79. The Morgan fingerprint density at radius 1 is 1.27 bits per heavy atom. The number of carboxylic acid groups (broad SMARTS) is 1. The van der Waals surface area contributed by atoms with Gasteiger partial charge in [-0.05, 0) is 43.0 Å². The summed E-state index contributed by atoms with van der Waals surface area (Å²) in [6.45, 7) is 2.46. The van der Waals surface area contributed by atoms with E-state index in [4.69, 9.17) is 5.26 Å². The third-order valence-corrected chi connectivity index (χ3v) is 5.46. The predicted molar refractivity (Wildman–Crippen MR) is 114 cm³/mol. The number of benzene rings is 2. The molecule has 1 N–H and O–H groups in total. The summed E-state index contributed by atoms with van der Waals surface area (Å²) >= 11 is 1.29. The lowest BCUT2D eigenvalue weighted by Gasteiger charge is -2.34. The van der Waals surface area contributed by atoms with Crippen molar-refractivity contribution >= 4 is 28.6 Å². The topological polar surface area (TPSA) is 76.7 Å². The van der Waals surface area contributed by atoms with Crippen LogP contribution in [0.25, 0.3) is 0 Å². The highest BCUT2D eigenvalue weighted by atomic mass is 32.2. The van der Waals surface area contributed by atoms with Crippen LogP contribution in [0.1, 0.15) is 36.6 Å². The van der Waals surface area contributed by atoms with Gasteiger partial charge in [0, 0.05) is 23.9 Å². The minimum atomic E-state index is -3.03.